The molecular weight excluding hydrogens is 348 g/mol. The highest BCUT2D eigenvalue weighted by Crippen LogP contribution is 2.34. The molecule has 0 fully saturated rings. The predicted molar refractivity (Wildman–Crippen MR) is 105 cm³/mol. The first-order chi connectivity index (χ1) is 12.6. The molecule has 4 aromatic rings. The summed E-state index contributed by atoms with van der Waals surface area (Å²) in [4.78, 5) is 13.4. The number of anilines is 2. The van der Waals surface area contributed by atoms with Gasteiger partial charge in [-0.15, -0.1) is 0 Å². The quantitative estimate of drug-likeness (QED) is 0.575. The Labute approximate surface area is 155 Å². The molecule has 0 bridgehead atoms. The average Bonchev–Trinajstić information content (AvgIpc) is 3.00. The Balaban J connectivity index is 2.08. The van der Waals surface area contributed by atoms with Crippen molar-refractivity contribution in [3.63, 3.8) is 0 Å². The third-order valence-electron chi connectivity index (χ3n) is 4.23. The lowest BCUT2D eigenvalue weighted by molar-refractivity contribution is 0.883. The van der Waals surface area contributed by atoms with Crippen molar-refractivity contribution >= 4 is 34.4 Å². The normalized spacial score (nSPS) is 11.2. The molecule has 130 valence electrons. The molecule has 2 aromatic heterocycles. The highest BCUT2D eigenvalue weighted by atomic mass is 35.5. The minimum atomic E-state index is 0.120. The highest BCUT2D eigenvalue weighted by molar-refractivity contribution is 6.30. The summed E-state index contributed by atoms with van der Waals surface area (Å²) in [7, 11) is 0. The van der Waals surface area contributed by atoms with Gasteiger partial charge in [0, 0.05) is 11.4 Å². The minimum absolute atomic E-state index is 0.120. The lowest BCUT2D eigenvalue weighted by Gasteiger charge is -2.15. The van der Waals surface area contributed by atoms with Gasteiger partial charge in [0.25, 0.3) is 0 Å². The van der Waals surface area contributed by atoms with E-state index in [0.29, 0.717) is 22.2 Å². The molecule has 4 rings (SSSR count). The van der Waals surface area contributed by atoms with Crippen molar-refractivity contribution in [1.82, 2.24) is 19.5 Å². The number of fused-ring (bicyclic) bond motifs is 1. The largest absolute Gasteiger partial charge is 0.383 e. The molecule has 6 nitrogen and oxygen atoms in total. The first-order valence-electron chi connectivity index (χ1n) is 8.24. The number of nitrogens with zero attached hydrogens (tertiary/aromatic N) is 4. The van der Waals surface area contributed by atoms with Crippen molar-refractivity contribution in [3.05, 3.63) is 59.4 Å². The molecule has 0 spiro atoms. The summed E-state index contributed by atoms with van der Waals surface area (Å²) in [5, 5.41) is 0.646. The number of hydrogen-bond acceptors (Lipinski definition) is 5. The van der Waals surface area contributed by atoms with E-state index in [9.17, 15) is 0 Å². The number of nitrogen functional groups attached to an aromatic ring is 2. The van der Waals surface area contributed by atoms with E-state index in [1.807, 2.05) is 60.0 Å². The van der Waals surface area contributed by atoms with E-state index < -0.39 is 0 Å². The Morgan fingerprint density at radius 3 is 2.42 bits per heavy atom. The van der Waals surface area contributed by atoms with Crippen LogP contribution in [0.1, 0.15) is 12.7 Å². The van der Waals surface area contributed by atoms with Crippen molar-refractivity contribution in [1.29, 1.82) is 0 Å². The summed E-state index contributed by atoms with van der Waals surface area (Å²) in [5.74, 6) is 1.92. The zero-order chi connectivity index (χ0) is 18.3. The van der Waals surface area contributed by atoms with Gasteiger partial charge in [-0.2, -0.15) is 9.97 Å². The standard InChI is InChI=1S/C19H17ClN6/c1-2-15-23-13-5-3-4-6-14(13)26(15)18-16(17(21)24-19(22)25-18)11-7-9-12(20)10-8-11/h3-10H,2H2,1H3,(H4,21,22,24,25). The molecule has 0 radical (unpaired) electrons. The molecular formula is C19H17ClN6. The van der Waals surface area contributed by atoms with Gasteiger partial charge in [0.05, 0.1) is 16.6 Å². The van der Waals surface area contributed by atoms with Gasteiger partial charge in [-0.1, -0.05) is 42.8 Å². The summed E-state index contributed by atoms with van der Waals surface area (Å²) < 4.78 is 1.99. The van der Waals surface area contributed by atoms with Crippen LogP contribution < -0.4 is 11.5 Å². The first kappa shape index (κ1) is 16.4. The van der Waals surface area contributed by atoms with E-state index in [-0.39, 0.29) is 5.95 Å². The molecule has 0 unspecified atom stereocenters. The second-order valence-corrected chi connectivity index (χ2v) is 6.31. The number of aryl methyl sites for hydroxylation is 1. The van der Waals surface area contributed by atoms with Gasteiger partial charge >= 0.3 is 0 Å². The number of hydrogen-bond donors (Lipinski definition) is 2. The van der Waals surface area contributed by atoms with Crippen molar-refractivity contribution in [2.75, 3.05) is 11.5 Å². The average molecular weight is 365 g/mol. The van der Waals surface area contributed by atoms with Crippen LogP contribution in [-0.2, 0) is 6.42 Å². The van der Waals surface area contributed by atoms with E-state index in [2.05, 4.69) is 9.97 Å². The van der Waals surface area contributed by atoms with Gasteiger partial charge in [0.2, 0.25) is 5.95 Å². The maximum atomic E-state index is 6.24. The van der Waals surface area contributed by atoms with Crippen LogP contribution >= 0.6 is 11.6 Å². The molecule has 0 aliphatic carbocycles. The van der Waals surface area contributed by atoms with Crippen LogP contribution in [0.25, 0.3) is 28.0 Å². The van der Waals surface area contributed by atoms with E-state index in [1.165, 1.54) is 0 Å². The van der Waals surface area contributed by atoms with Crippen molar-refractivity contribution in [2.24, 2.45) is 0 Å². The van der Waals surface area contributed by atoms with E-state index in [4.69, 9.17) is 28.1 Å². The molecule has 4 N–H and O–H groups in total. The summed E-state index contributed by atoms with van der Waals surface area (Å²) >= 11 is 6.03. The lowest BCUT2D eigenvalue weighted by atomic mass is 10.1. The second kappa shape index (κ2) is 6.31. The molecule has 0 aliphatic heterocycles. The minimum Gasteiger partial charge on any atom is -0.383 e. The number of halogens is 1. The fourth-order valence-electron chi connectivity index (χ4n) is 3.09. The number of benzene rings is 2. The summed E-state index contributed by atoms with van der Waals surface area (Å²) in [5.41, 5.74) is 15.5. The molecule has 0 atom stereocenters. The van der Waals surface area contributed by atoms with Gasteiger partial charge in [-0.25, -0.2) is 4.98 Å². The first-order valence-corrected chi connectivity index (χ1v) is 8.62. The Bertz CT molecular complexity index is 1100. The third-order valence-corrected chi connectivity index (χ3v) is 4.48. The number of rotatable bonds is 3. The maximum Gasteiger partial charge on any atom is 0.224 e. The van der Waals surface area contributed by atoms with Gasteiger partial charge in [-0.05, 0) is 29.8 Å². The van der Waals surface area contributed by atoms with Crippen LogP contribution in [0.15, 0.2) is 48.5 Å². The van der Waals surface area contributed by atoms with Crippen molar-refractivity contribution in [3.8, 4) is 16.9 Å². The van der Waals surface area contributed by atoms with Gasteiger partial charge in [0.1, 0.15) is 11.6 Å². The Morgan fingerprint density at radius 2 is 1.69 bits per heavy atom. The van der Waals surface area contributed by atoms with Crippen molar-refractivity contribution < 1.29 is 0 Å². The molecule has 0 saturated heterocycles. The van der Waals surface area contributed by atoms with Crippen LogP contribution in [0, 0.1) is 0 Å². The van der Waals surface area contributed by atoms with E-state index in [0.717, 1.165) is 28.8 Å². The van der Waals surface area contributed by atoms with Gasteiger partial charge < -0.3 is 11.5 Å². The van der Waals surface area contributed by atoms with Crippen LogP contribution in [0.3, 0.4) is 0 Å². The van der Waals surface area contributed by atoms with E-state index >= 15 is 0 Å². The Kier molecular flexibility index (Phi) is 3.97. The smallest absolute Gasteiger partial charge is 0.224 e. The summed E-state index contributed by atoms with van der Waals surface area (Å²) in [6, 6.07) is 15.3. The molecule has 0 saturated carbocycles. The van der Waals surface area contributed by atoms with Gasteiger partial charge in [0.15, 0.2) is 5.82 Å². The fraction of sp³-hybridized carbons (Fsp3) is 0.105. The van der Waals surface area contributed by atoms with E-state index in [1.54, 1.807) is 0 Å². The van der Waals surface area contributed by atoms with Crippen molar-refractivity contribution in [2.45, 2.75) is 13.3 Å². The van der Waals surface area contributed by atoms with Crippen LogP contribution in [-0.4, -0.2) is 19.5 Å². The van der Waals surface area contributed by atoms with Crippen LogP contribution in [0.2, 0.25) is 5.02 Å². The van der Waals surface area contributed by atoms with Crippen LogP contribution in [0.5, 0.6) is 0 Å². The fourth-order valence-corrected chi connectivity index (χ4v) is 3.21. The molecule has 2 heterocycles. The number of imidazole rings is 1. The number of para-hydroxylation sites is 2. The number of aromatic nitrogens is 4. The maximum absolute atomic E-state index is 6.24. The lowest BCUT2D eigenvalue weighted by Crippen LogP contribution is -2.11. The summed E-state index contributed by atoms with van der Waals surface area (Å²) in [6.45, 7) is 2.05. The monoisotopic (exact) mass is 364 g/mol. The molecule has 7 heteroatoms. The van der Waals surface area contributed by atoms with Gasteiger partial charge in [-0.3, -0.25) is 4.57 Å². The summed E-state index contributed by atoms with van der Waals surface area (Å²) in [6.07, 6.45) is 0.735. The molecule has 0 amide bonds. The molecule has 2 aromatic carbocycles. The zero-order valence-electron chi connectivity index (χ0n) is 14.1. The second-order valence-electron chi connectivity index (χ2n) is 5.88. The SMILES string of the molecule is CCc1nc2ccccc2n1-c1nc(N)nc(N)c1-c1ccc(Cl)cc1. The van der Waals surface area contributed by atoms with Crippen LogP contribution in [0.4, 0.5) is 11.8 Å². The highest BCUT2D eigenvalue weighted by Gasteiger charge is 2.20. The number of nitrogens with two attached hydrogens (primary N) is 2. The topological polar surface area (TPSA) is 95.6 Å². The Morgan fingerprint density at radius 1 is 0.962 bits per heavy atom. The molecule has 26 heavy (non-hydrogen) atoms. The zero-order valence-corrected chi connectivity index (χ0v) is 14.9. The third kappa shape index (κ3) is 2.64. The Hall–Kier alpha value is -3.12. The molecule has 0 aliphatic rings. The predicted octanol–water partition coefficient (Wildman–Crippen LogP) is 3.86.